The number of anilines is 1. The SMILES string of the molecule is Cc1ccc(S(=O)(=O)N2CCCCC2CC(=O)Nc2cc(Cl)ccc2C)cc1. The fourth-order valence-electron chi connectivity index (χ4n) is 3.48. The highest BCUT2D eigenvalue weighted by atomic mass is 35.5. The molecule has 7 heteroatoms. The van der Waals surface area contributed by atoms with Crippen molar-refractivity contribution in [3.05, 3.63) is 58.6 Å². The number of piperidine rings is 1. The largest absolute Gasteiger partial charge is 0.326 e. The van der Waals surface area contributed by atoms with Crippen LogP contribution in [0.1, 0.15) is 36.8 Å². The quantitative estimate of drug-likeness (QED) is 0.772. The van der Waals surface area contributed by atoms with E-state index >= 15 is 0 Å². The van der Waals surface area contributed by atoms with Crippen LogP contribution in [0.2, 0.25) is 5.02 Å². The monoisotopic (exact) mass is 420 g/mol. The number of carbonyl (C=O) groups excluding carboxylic acids is 1. The summed E-state index contributed by atoms with van der Waals surface area (Å²) in [6.07, 6.45) is 2.51. The predicted molar refractivity (Wildman–Crippen MR) is 112 cm³/mol. The molecule has 1 saturated heterocycles. The zero-order chi connectivity index (χ0) is 20.3. The first-order valence-electron chi connectivity index (χ1n) is 9.42. The molecule has 1 N–H and O–H groups in total. The van der Waals surface area contributed by atoms with Crippen molar-refractivity contribution in [3.63, 3.8) is 0 Å². The maximum Gasteiger partial charge on any atom is 0.243 e. The Morgan fingerprint density at radius 1 is 1.14 bits per heavy atom. The Bertz CT molecular complexity index is 958. The van der Waals surface area contributed by atoms with Crippen LogP contribution < -0.4 is 5.32 Å². The molecule has 2 aromatic rings. The second kappa shape index (κ2) is 8.64. The summed E-state index contributed by atoms with van der Waals surface area (Å²) >= 11 is 6.02. The van der Waals surface area contributed by atoms with Crippen molar-refractivity contribution in [2.24, 2.45) is 0 Å². The fraction of sp³-hybridized carbons (Fsp3) is 0.381. The minimum absolute atomic E-state index is 0.122. The molecule has 0 spiro atoms. The van der Waals surface area contributed by atoms with Gasteiger partial charge in [0.25, 0.3) is 0 Å². The summed E-state index contributed by atoms with van der Waals surface area (Å²) in [6.45, 7) is 4.24. The van der Waals surface area contributed by atoms with Gasteiger partial charge in [-0.3, -0.25) is 4.79 Å². The summed E-state index contributed by atoms with van der Waals surface area (Å²) in [6, 6.07) is 11.8. The third kappa shape index (κ3) is 4.74. The topological polar surface area (TPSA) is 66.5 Å². The lowest BCUT2D eigenvalue weighted by molar-refractivity contribution is -0.117. The van der Waals surface area contributed by atoms with Crippen molar-refractivity contribution in [1.29, 1.82) is 0 Å². The van der Waals surface area contributed by atoms with E-state index in [2.05, 4.69) is 5.32 Å². The molecule has 0 aromatic heterocycles. The van der Waals surface area contributed by atoms with Crippen LogP contribution in [-0.2, 0) is 14.8 Å². The van der Waals surface area contributed by atoms with Gasteiger partial charge >= 0.3 is 0 Å². The Hall–Kier alpha value is -1.89. The standard InChI is InChI=1S/C21H25ClN2O3S/c1-15-6-10-19(11-7-15)28(26,27)24-12-4-3-5-18(24)14-21(25)23-20-13-17(22)9-8-16(20)2/h6-11,13,18H,3-5,12,14H2,1-2H3,(H,23,25). The van der Waals surface area contributed by atoms with E-state index in [0.717, 1.165) is 24.0 Å². The van der Waals surface area contributed by atoms with Gasteiger partial charge in [0.15, 0.2) is 0 Å². The molecule has 1 heterocycles. The van der Waals surface area contributed by atoms with Crippen LogP contribution in [0.25, 0.3) is 0 Å². The van der Waals surface area contributed by atoms with Crippen LogP contribution in [-0.4, -0.2) is 31.2 Å². The highest BCUT2D eigenvalue weighted by Gasteiger charge is 2.34. The molecule has 5 nitrogen and oxygen atoms in total. The molecule has 0 bridgehead atoms. The number of halogens is 1. The third-order valence-corrected chi connectivity index (χ3v) is 7.30. The number of hydrogen-bond donors (Lipinski definition) is 1. The summed E-state index contributed by atoms with van der Waals surface area (Å²) in [7, 11) is -3.63. The minimum atomic E-state index is -3.63. The Kier molecular flexibility index (Phi) is 6.43. The van der Waals surface area contributed by atoms with Gasteiger partial charge in [-0.25, -0.2) is 8.42 Å². The highest BCUT2D eigenvalue weighted by Crippen LogP contribution is 2.28. The summed E-state index contributed by atoms with van der Waals surface area (Å²) in [5.74, 6) is -0.207. The normalized spacial score (nSPS) is 18.0. The van der Waals surface area contributed by atoms with Crippen LogP contribution in [0, 0.1) is 13.8 Å². The average molecular weight is 421 g/mol. The second-order valence-electron chi connectivity index (χ2n) is 7.29. The number of nitrogens with one attached hydrogen (secondary N) is 1. The molecule has 2 aromatic carbocycles. The molecule has 0 saturated carbocycles. The molecule has 1 aliphatic heterocycles. The van der Waals surface area contributed by atoms with Crippen LogP contribution in [0.3, 0.4) is 0 Å². The maximum atomic E-state index is 13.1. The van der Waals surface area contributed by atoms with E-state index in [9.17, 15) is 13.2 Å². The van der Waals surface area contributed by atoms with Gasteiger partial charge in [-0.2, -0.15) is 4.31 Å². The van der Waals surface area contributed by atoms with E-state index in [1.54, 1.807) is 36.4 Å². The number of benzene rings is 2. The van der Waals surface area contributed by atoms with Crippen LogP contribution in [0.5, 0.6) is 0 Å². The van der Waals surface area contributed by atoms with Crippen molar-refractivity contribution in [1.82, 2.24) is 4.31 Å². The van der Waals surface area contributed by atoms with Gasteiger partial charge < -0.3 is 5.32 Å². The lowest BCUT2D eigenvalue weighted by Crippen LogP contribution is -2.45. The first-order valence-corrected chi connectivity index (χ1v) is 11.2. The molecule has 1 atom stereocenters. The van der Waals surface area contributed by atoms with Gasteiger partial charge in [0.05, 0.1) is 4.90 Å². The number of amides is 1. The van der Waals surface area contributed by atoms with Crippen molar-refractivity contribution in [2.75, 3.05) is 11.9 Å². The maximum absolute atomic E-state index is 13.1. The molecule has 0 radical (unpaired) electrons. The molecular weight excluding hydrogens is 396 g/mol. The fourth-order valence-corrected chi connectivity index (χ4v) is 5.35. The highest BCUT2D eigenvalue weighted by molar-refractivity contribution is 7.89. The van der Waals surface area contributed by atoms with Gasteiger partial charge in [0.2, 0.25) is 15.9 Å². The van der Waals surface area contributed by atoms with Gasteiger partial charge in [-0.05, 0) is 56.5 Å². The summed E-state index contributed by atoms with van der Waals surface area (Å²) in [5.41, 5.74) is 2.57. The van der Waals surface area contributed by atoms with Crippen LogP contribution in [0.15, 0.2) is 47.4 Å². The first-order chi connectivity index (χ1) is 13.3. The molecule has 1 amide bonds. The third-order valence-electron chi connectivity index (χ3n) is 5.10. The zero-order valence-corrected chi connectivity index (χ0v) is 17.7. The number of hydrogen-bond acceptors (Lipinski definition) is 3. The summed E-state index contributed by atoms with van der Waals surface area (Å²) in [5, 5.41) is 3.42. The number of sulfonamides is 1. The van der Waals surface area contributed by atoms with E-state index in [1.165, 1.54) is 4.31 Å². The molecule has 0 aliphatic carbocycles. The van der Waals surface area contributed by atoms with Crippen LogP contribution in [0.4, 0.5) is 5.69 Å². The molecule has 1 unspecified atom stereocenters. The summed E-state index contributed by atoms with van der Waals surface area (Å²) in [4.78, 5) is 12.9. The second-order valence-corrected chi connectivity index (χ2v) is 9.62. The molecule has 150 valence electrons. The molecule has 1 aliphatic rings. The van der Waals surface area contributed by atoms with Gasteiger partial charge in [0, 0.05) is 29.7 Å². The molecule has 3 rings (SSSR count). The van der Waals surface area contributed by atoms with E-state index < -0.39 is 10.0 Å². The zero-order valence-electron chi connectivity index (χ0n) is 16.1. The van der Waals surface area contributed by atoms with Crippen molar-refractivity contribution in [3.8, 4) is 0 Å². The van der Waals surface area contributed by atoms with Crippen molar-refractivity contribution < 1.29 is 13.2 Å². The average Bonchev–Trinajstić information content (AvgIpc) is 2.65. The van der Waals surface area contributed by atoms with E-state index in [-0.39, 0.29) is 23.3 Å². The molecule has 28 heavy (non-hydrogen) atoms. The van der Waals surface area contributed by atoms with Crippen LogP contribution >= 0.6 is 11.6 Å². The summed E-state index contributed by atoms with van der Waals surface area (Å²) < 4.78 is 27.7. The van der Waals surface area contributed by atoms with E-state index in [4.69, 9.17) is 11.6 Å². The molecular formula is C21H25ClN2O3S. The van der Waals surface area contributed by atoms with Gasteiger partial charge in [-0.15, -0.1) is 0 Å². The lowest BCUT2D eigenvalue weighted by atomic mass is 10.0. The minimum Gasteiger partial charge on any atom is -0.326 e. The smallest absolute Gasteiger partial charge is 0.243 e. The van der Waals surface area contributed by atoms with Crippen molar-refractivity contribution in [2.45, 2.75) is 50.5 Å². The number of carbonyl (C=O) groups is 1. The Morgan fingerprint density at radius 2 is 1.86 bits per heavy atom. The Morgan fingerprint density at radius 3 is 2.57 bits per heavy atom. The predicted octanol–water partition coefficient (Wildman–Crippen LogP) is 4.53. The number of rotatable bonds is 5. The number of aryl methyl sites for hydroxylation is 2. The number of nitrogens with zero attached hydrogens (tertiary/aromatic N) is 1. The van der Waals surface area contributed by atoms with E-state index in [0.29, 0.717) is 23.7 Å². The van der Waals surface area contributed by atoms with Gasteiger partial charge in [0.1, 0.15) is 0 Å². The van der Waals surface area contributed by atoms with E-state index in [1.807, 2.05) is 19.9 Å². The van der Waals surface area contributed by atoms with Crippen molar-refractivity contribution >= 4 is 33.2 Å². The van der Waals surface area contributed by atoms with Gasteiger partial charge in [-0.1, -0.05) is 41.8 Å². The Labute approximate surface area is 171 Å². The Balaban J connectivity index is 1.76. The molecule has 1 fully saturated rings. The lowest BCUT2D eigenvalue weighted by Gasteiger charge is -2.34. The first kappa shape index (κ1) is 20.8.